The number of rotatable bonds is 4. The molecule has 0 saturated carbocycles. The molecule has 0 unspecified atom stereocenters. The Morgan fingerprint density at radius 2 is 0.600 bits per heavy atom. The molecular weight excluding hydrogens is 362 g/mol. The maximum Gasteiger partial charge on any atom is 0.0709 e. The Hall–Kier alpha value is -3.97. The van der Waals surface area contributed by atoms with Crippen molar-refractivity contribution in [3.8, 4) is 44.8 Å². The molecule has 1 heterocycles. The molecule has 1 heteroatoms. The highest BCUT2D eigenvalue weighted by atomic mass is 14.7. The van der Waals surface area contributed by atoms with E-state index in [0.29, 0.717) is 0 Å². The van der Waals surface area contributed by atoms with E-state index in [4.69, 9.17) is 4.98 Å². The third-order valence-corrected chi connectivity index (χ3v) is 5.32. The van der Waals surface area contributed by atoms with Crippen LogP contribution in [0, 0.1) is 0 Å². The largest absolute Gasteiger partial charge is 0.248 e. The minimum Gasteiger partial charge on any atom is -0.248 e. The lowest BCUT2D eigenvalue weighted by molar-refractivity contribution is 1.32. The summed E-state index contributed by atoms with van der Waals surface area (Å²) in [6, 6.07) is 44.3. The summed E-state index contributed by atoms with van der Waals surface area (Å²) in [6.45, 7) is 0. The van der Waals surface area contributed by atoms with E-state index in [0.717, 1.165) is 22.5 Å². The molecule has 0 aliphatic heterocycles. The standard InChI is InChI=1S/C29H21N/c1-3-8-22(9-4-1)24-14-18-26(19-15-24)28-12-7-13-29(30-28)27-20-16-25(17-21-27)23-10-5-2-6-11-23/h1-21H. The first kappa shape index (κ1) is 18.1. The molecule has 1 aromatic heterocycles. The van der Waals surface area contributed by atoms with Gasteiger partial charge in [0.2, 0.25) is 0 Å². The van der Waals surface area contributed by atoms with Gasteiger partial charge in [-0.3, -0.25) is 0 Å². The van der Waals surface area contributed by atoms with Gasteiger partial charge in [-0.2, -0.15) is 0 Å². The summed E-state index contributed by atoms with van der Waals surface area (Å²) in [7, 11) is 0. The van der Waals surface area contributed by atoms with Crippen molar-refractivity contribution in [2.75, 3.05) is 0 Å². The van der Waals surface area contributed by atoms with E-state index < -0.39 is 0 Å². The minimum absolute atomic E-state index is 0.985. The van der Waals surface area contributed by atoms with Crippen molar-refractivity contribution in [2.24, 2.45) is 0 Å². The van der Waals surface area contributed by atoms with Crippen LogP contribution < -0.4 is 0 Å². The summed E-state index contributed by atoms with van der Waals surface area (Å²) in [5.74, 6) is 0. The van der Waals surface area contributed by atoms with Gasteiger partial charge in [0.05, 0.1) is 11.4 Å². The molecule has 0 N–H and O–H groups in total. The van der Waals surface area contributed by atoms with Gasteiger partial charge in [0.15, 0.2) is 0 Å². The number of nitrogens with zero attached hydrogens (tertiary/aromatic N) is 1. The van der Waals surface area contributed by atoms with Gasteiger partial charge in [-0.25, -0.2) is 4.98 Å². The molecule has 0 aliphatic rings. The number of benzene rings is 4. The minimum atomic E-state index is 0.985. The maximum atomic E-state index is 4.92. The third-order valence-electron chi connectivity index (χ3n) is 5.32. The van der Waals surface area contributed by atoms with Gasteiger partial charge in [-0.15, -0.1) is 0 Å². The average molecular weight is 383 g/mol. The molecule has 0 aliphatic carbocycles. The van der Waals surface area contributed by atoms with Crippen molar-refractivity contribution in [1.82, 2.24) is 4.98 Å². The Kier molecular flexibility index (Phi) is 4.93. The average Bonchev–Trinajstić information content (AvgIpc) is 2.85. The summed E-state index contributed by atoms with van der Waals surface area (Å²) >= 11 is 0. The second-order valence-electron chi connectivity index (χ2n) is 7.29. The number of hydrogen-bond donors (Lipinski definition) is 0. The van der Waals surface area contributed by atoms with E-state index in [1.807, 2.05) is 12.1 Å². The van der Waals surface area contributed by atoms with E-state index in [1.165, 1.54) is 22.3 Å². The molecule has 0 amide bonds. The zero-order valence-corrected chi connectivity index (χ0v) is 16.6. The normalized spacial score (nSPS) is 10.7. The second kappa shape index (κ2) is 8.18. The Morgan fingerprint density at radius 3 is 1.00 bits per heavy atom. The Labute approximate surface area is 177 Å². The van der Waals surface area contributed by atoms with Crippen molar-refractivity contribution >= 4 is 0 Å². The molecule has 0 spiro atoms. The van der Waals surface area contributed by atoms with Crippen LogP contribution in [0.1, 0.15) is 0 Å². The van der Waals surface area contributed by atoms with Gasteiger partial charge >= 0.3 is 0 Å². The van der Waals surface area contributed by atoms with E-state index in [9.17, 15) is 0 Å². The highest BCUT2D eigenvalue weighted by molar-refractivity contribution is 5.72. The molecule has 30 heavy (non-hydrogen) atoms. The molecule has 0 atom stereocenters. The van der Waals surface area contributed by atoms with Crippen LogP contribution in [0.25, 0.3) is 44.8 Å². The lowest BCUT2D eigenvalue weighted by Gasteiger charge is -2.08. The lowest BCUT2D eigenvalue weighted by Crippen LogP contribution is -1.88. The van der Waals surface area contributed by atoms with E-state index in [-0.39, 0.29) is 0 Å². The molecule has 0 fully saturated rings. The smallest absolute Gasteiger partial charge is 0.0709 e. The Balaban J connectivity index is 1.42. The highest BCUT2D eigenvalue weighted by Gasteiger charge is 2.05. The van der Waals surface area contributed by atoms with Gasteiger partial charge in [-0.1, -0.05) is 115 Å². The molecular formula is C29H21N. The van der Waals surface area contributed by atoms with Crippen LogP contribution in [0.4, 0.5) is 0 Å². The summed E-state index contributed by atoms with van der Waals surface area (Å²) in [5, 5.41) is 0. The summed E-state index contributed by atoms with van der Waals surface area (Å²) in [4.78, 5) is 4.92. The van der Waals surface area contributed by atoms with Crippen molar-refractivity contribution in [2.45, 2.75) is 0 Å². The van der Waals surface area contributed by atoms with Gasteiger partial charge in [0, 0.05) is 11.1 Å². The van der Waals surface area contributed by atoms with Crippen LogP contribution in [0.2, 0.25) is 0 Å². The first-order chi connectivity index (χ1) is 14.9. The predicted molar refractivity (Wildman–Crippen MR) is 126 cm³/mol. The van der Waals surface area contributed by atoms with Crippen molar-refractivity contribution in [3.63, 3.8) is 0 Å². The second-order valence-corrected chi connectivity index (χ2v) is 7.29. The fourth-order valence-electron chi connectivity index (χ4n) is 3.68. The third kappa shape index (κ3) is 3.78. The Morgan fingerprint density at radius 1 is 0.267 bits per heavy atom. The summed E-state index contributed by atoms with van der Waals surface area (Å²) in [6.07, 6.45) is 0. The predicted octanol–water partition coefficient (Wildman–Crippen LogP) is 7.75. The first-order valence-electron chi connectivity index (χ1n) is 10.2. The molecule has 5 aromatic rings. The van der Waals surface area contributed by atoms with E-state index >= 15 is 0 Å². The summed E-state index contributed by atoms with van der Waals surface area (Å²) < 4.78 is 0. The SMILES string of the molecule is c1ccc(-c2ccc(-c3cccc(-c4ccc(-c5ccccc5)cc4)n3)cc2)cc1. The molecule has 0 bridgehead atoms. The van der Waals surface area contributed by atoms with Crippen LogP contribution in [0.5, 0.6) is 0 Å². The highest BCUT2D eigenvalue weighted by Crippen LogP contribution is 2.27. The van der Waals surface area contributed by atoms with Gasteiger partial charge in [-0.05, 0) is 34.4 Å². The van der Waals surface area contributed by atoms with Crippen LogP contribution >= 0.6 is 0 Å². The molecule has 4 aromatic carbocycles. The van der Waals surface area contributed by atoms with Crippen LogP contribution in [0.15, 0.2) is 127 Å². The fourth-order valence-corrected chi connectivity index (χ4v) is 3.68. The maximum absolute atomic E-state index is 4.92. The molecule has 5 rings (SSSR count). The molecule has 1 nitrogen and oxygen atoms in total. The van der Waals surface area contributed by atoms with Crippen LogP contribution in [-0.2, 0) is 0 Å². The van der Waals surface area contributed by atoms with Crippen LogP contribution in [-0.4, -0.2) is 4.98 Å². The first-order valence-corrected chi connectivity index (χ1v) is 10.2. The molecule has 142 valence electrons. The van der Waals surface area contributed by atoms with E-state index in [1.54, 1.807) is 0 Å². The topological polar surface area (TPSA) is 12.9 Å². The van der Waals surface area contributed by atoms with E-state index in [2.05, 4.69) is 115 Å². The van der Waals surface area contributed by atoms with Gasteiger partial charge in [0.25, 0.3) is 0 Å². The van der Waals surface area contributed by atoms with Crippen LogP contribution in [0.3, 0.4) is 0 Å². The quantitative estimate of drug-likeness (QED) is 0.309. The zero-order valence-electron chi connectivity index (χ0n) is 16.6. The zero-order chi connectivity index (χ0) is 20.2. The summed E-state index contributed by atoms with van der Waals surface area (Å²) in [5.41, 5.74) is 9.10. The molecule has 0 saturated heterocycles. The van der Waals surface area contributed by atoms with Crippen molar-refractivity contribution in [1.29, 1.82) is 0 Å². The molecule has 0 radical (unpaired) electrons. The number of pyridine rings is 1. The Bertz CT molecular complexity index is 1140. The lowest BCUT2D eigenvalue weighted by atomic mass is 10.0. The number of aromatic nitrogens is 1. The number of hydrogen-bond acceptors (Lipinski definition) is 1. The fraction of sp³-hybridized carbons (Fsp3) is 0. The van der Waals surface area contributed by atoms with Gasteiger partial charge in [0.1, 0.15) is 0 Å². The van der Waals surface area contributed by atoms with Crippen molar-refractivity contribution < 1.29 is 0 Å². The monoisotopic (exact) mass is 383 g/mol. The van der Waals surface area contributed by atoms with Gasteiger partial charge < -0.3 is 0 Å². The van der Waals surface area contributed by atoms with Crippen molar-refractivity contribution in [3.05, 3.63) is 127 Å².